The second kappa shape index (κ2) is 9.02. The van der Waals surface area contributed by atoms with E-state index in [0.29, 0.717) is 25.9 Å². The molecule has 2 aromatic rings. The summed E-state index contributed by atoms with van der Waals surface area (Å²) in [5, 5.41) is 5.70. The second-order valence-corrected chi connectivity index (χ2v) is 8.98. The van der Waals surface area contributed by atoms with Crippen molar-refractivity contribution in [2.24, 2.45) is 5.92 Å². The lowest BCUT2D eigenvalue weighted by Gasteiger charge is -2.27. The molecule has 0 bridgehead atoms. The number of anilines is 1. The Bertz CT molecular complexity index is 1010. The smallest absolute Gasteiger partial charge is 0.408 e. The number of ether oxygens (including phenoxy) is 1. The lowest BCUT2D eigenvalue weighted by Crippen LogP contribution is -2.50. The maximum atomic E-state index is 13.4. The third-order valence-electron chi connectivity index (χ3n) is 6.22. The number of benzene rings is 2. The van der Waals surface area contributed by atoms with Crippen molar-refractivity contribution in [2.45, 2.75) is 44.8 Å². The average molecular weight is 436 g/mol. The molecule has 1 saturated heterocycles. The van der Waals surface area contributed by atoms with Crippen LogP contribution >= 0.6 is 0 Å². The summed E-state index contributed by atoms with van der Waals surface area (Å²) in [6.45, 7) is 4.92. The van der Waals surface area contributed by atoms with Crippen LogP contribution in [0, 0.1) is 5.92 Å². The summed E-state index contributed by atoms with van der Waals surface area (Å²) in [6.07, 6.45) is 0.436. The van der Waals surface area contributed by atoms with Crippen LogP contribution in [0.3, 0.4) is 0 Å². The molecule has 7 nitrogen and oxygen atoms in total. The van der Waals surface area contributed by atoms with Gasteiger partial charge in [0.15, 0.2) is 0 Å². The number of nitrogens with one attached hydrogen (secondary N) is 2. The number of hydrogen-bond acceptors (Lipinski definition) is 4. The van der Waals surface area contributed by atoms with E-state index in [1.807, 2.05) is 68.4 Å². The number of fused-ring (bicyclic) bond motifs is 2. The molecule has 2 aliphatic heterocycles. The van der Waals surface area contributed by atoms with E-state index in [9.17, 15) is 14.4 Å². The fourth-order valence-electron chi connectivity index (χ4n) is 4.60. The molecule has 168 valence electrons. The first kappa shape index (κ1) is 21.9. The number of carbonyl (C=O) groups is 3. The first-order valence-corrected chi connectivity index (χ1v) is 11.1. The van der Waals surface area contributed by atoms with E-state index in [4.69, 9.17) is 4.74 Å². The quantitative estimate of drug-likeness (QED) is 0.728. The van der Waals surface area contributed by atoms with Crippen molar-refractivity contribution in [1.82, 2.24) is 10.2 Å². The molecule has 0 unspecified atom stereocenters. The van der Waals surface area contributed by atoms with E-state index in [2.05, 4.69) is 10.6 Å². The minimum Gasteiger partial charge on any atom is -0.445 e. The Morgan fingerprint density at radius 3 is 2.59 bits per heavy atom. The summed E-state index contributed by atoms with van der Waals surface area (Å²) < 4.78 is 5.32. The maximum Gasteiger partial charge on any atom is 0.408 e. The molecule has 2 aromatic carbocycles. The van der Waals surface area contributed by atoms with Gasteiger partial charge in [-0.15, -0.1) is 0 Å². The Morgan fingerprint density at radius 2 is 1.84 bits per heavy atom. The normalized spacial score (nSPS) is 20.2. The molecule has 2 heterocycles. The van der Waals surface area contributed by atoms with Gasteiger partial charge in [0.2, 0.25) is 11.8 Å². The standard InChI is InChI=1S/C25H29N3O4/c1-17(2)14-21(27-24(31)32-15-18-8-4-3-5-9-18)22(29)28-13-12-25(16-28)19-10-6-7-11-20(19)26-23(25)30/h3-11,17,21H,12-16H2,1-2H3,(H,26,30)(H,27,31)/t21-,25-/m0/s1. The molecule has 4 rings (SSSR count). The van der Waals surface area contributed by atoms with Gasteiger partial charge < -0.3 is 20.3 Å². The van der Waals surface area contributed by atoms with Gasteiger partial charge in [-0.3, -0.25) is 9.59 Å². The first-order chi connectivity index (χ1) is 15.4. The summed E-state index contributed by atoms with van der Waals surface area (Å²) in [4.78, 5) is 40.3. The molecule has 2 N–H and O–H groups in total. The van der Waals surface area contributed by atoms with Gasteiger partial charge in [0.05, 0.1) is 5.41 Å². The van der Waals surface area contributed by atoms with Gasteiger partial charge in [-0.2, -0.15) is 0 Å². The van der Waals surface area contributed by atoms with Gasteiger partial charge in [-0.1, -0.05) is 62.4 Å². The second-order valence-electron chi connectivity index (χ2n) is 8.98. The molecular formula is C25H29N3O4. The Labute approximate surface area is 188 Å². The average Bonchev–Trinajstić information content (AvgIpc) is 3.35. The molecular weight excluding hydrogens is 406 g/mol. The third kappa shape index (κ3) is 4.33. The number of hydrogen-bond donors (Lipinski definition) is 2. The largest absolute Gasteiger partial charge is 0.445 e. The van der Waals surface area contributed by atoms with E-state index < -0.39 is 17.6 Å². The number of rotatable bonds is 6. The number of carbonyl (C=O) groups excluding carboxylic acids is 3. The van der Waals surface area contributed by atoms with E-state index in [0.717, 1.165) is 16.8 Å². The van der Waals surface area contributed by atoms with E-state index >= 15 is 0 Å². The molecule has 32 heavy (non-hydrogen) atoms. The fourth-order valence-corrected chi connectivity index (χ4v) is 4.60. The van der Waals surface area contributed by atoms with Crippen molar-refractivity contribution in [3.8, 4) is 0 Å². The highest BCUT2D eigenvalue weighted by molar-refractivity contribution is 6.07. The number of likely N-dealkylation sites (tertiary alicyclic amines) is 1. The summed E-state index contributed by atoms with van der Waals surface area (Å²) in [5.41, 5.74) is 1.91. The van der Waals surface area contributed by atoms with Crippen LogP contribution in [0.2, 0.25) is 0 Å². The van der Waals surface area contributed by atoms with Crippen LogP contribution < -0.4 is 10.6 Å². The highest BCUT2D eigenvalue weighted by Crippen LogP contribution is 2.44. The predicted octanol–water partition coefficient (Wildman–Crippen LogP) is 3.45. The highest BCUT2D eigenvalue weighted by atomic mass is 16.5. The number of amides is 3. The number of para-hydroxylation sites is 1. The van der Waals surface area contributed by atoms with Crippen LogP contribution in [0.15, 0.2) is 54.6 Å². The molecule has 1 spiro atoms. The summed E-state index contributed by atoms with van der Waals surface area (Å²) in [5.74, 6) is -0.0421. The third-order valence-corrected chi connectivity index (χ3v) is 6.22. The van der Waals surface area contributed by atoms with Gasteiger partial charge in [-0.05, 0) is 36.0 Å². The van der Waals surface area contributed by atoms with Crippen molar-refractivity contribution in [1.29, 1.82) is 0 Å². The van der Waals surface area contributed by atoms with E-state index in [-0.39, 0.29) is 24.3 Å². The van der Waals surface area contributed by atoms with Crippen molar-refractivity contribution in [3.05, 3.63) is 65.7 Å². The van der Waals surface area contributed by atoms with Crippen molar-refractivity contribution < 1.29 is 19.1 Å². The van der Waals surface area contributed by atoms with Gasteiger partial charge in [0.25, 0.3) is 0 Å². The molecule has 0 saturated carbocycles. The molecule has 0 radical (unpaired) electrons. The Morgan fingerprint density at radius 1 is 1.12 bits per heavy atom. The minimum atomic E-state index is -0.720. The minimum absolute atomic E-state index is 0.0651. The van der Waals surface area contributed by atoms with E-state index in [1.54, 1.807) is 4.90 Å². The zero-order valence-electron chi connectivity index (χ0n) is 18.5. The molecule has 2 aliphatic rings. The maximum absolute atomic E-state index is 13.4. The lowest BCUT2D eigenvalue weighted by atomic mass is 9.81. The number of nitrogens with zero attached hydrogens (tertiary/aromatic N) is 1. The zero-order valence-corrected chi connectivity index (χ0v) is 18.5. The summed E-state index contributed by atoms with van der Waals surface area (Å²) >= 11 is 0. The topological polar surface area (TPSA) is 87.7 Å². The fraction of sp³-hybridized carbons (Fsp3) is 0.400. The molecule has 2 atom stereocenters. The molecule has 7 heteroatoms. The lowest BCUT2D eigenvalue weighted by molar-refractivity contribution is -0.133. The SMILES string of the molecule is CC(C)C[C@H](NC(=O)OCc1ccccc1)C(=O)N1CC[C@@]2(C1)C(=O)Nc1ccccc12. The Balaban J connectivity index is 1.43. The summed E-state index contributed by atoms with van der Waals surface area (Å²) in [7, 11) is 0. The van der Waals surface area contributed by atoms with Crippen LogP contribution in [-0.2, 0) is 26.3 Å². The monoisotopic (exact) mass is 435 g/mol. The summed E-state index contributed by atoms with van der Waals surface area (Å²) in [6, 6.07) is 16.3. The van der Waals surface area contributed by atoms with Gasteiger partial charge in [-0.25, -0.2) is 4.79 Å². The predicted molar refractivity (Wildman–Crippen MR) is 121 cm³/mol. The van der Waals surface area contributed by atoms with Crippen LogP contribution in [0.25, 0.3) is 0 Å². The van der Waals surface area contributed by atoms with Crippen molar-refractivity contribution in [2.75, 3.05) is 18.4 Å². The van der Waals surface area contributed by atoms with Gasteiger partial charge in [0, 0.05) is 18.8 Å². The van der Waals surface area contributed by atoms with Crippen LogP contribution in [0.1, 0.15) is 37.8 Å². The molecule has 3 amide bonds. The first-order valence-electron chi connectivity index (χ1n) is 11.1. The van der Waals surface area contributed by atoms with Gasteiger partial charge in [0.1, 0.15) is 12.6 Å². The Hall–Kier alpha value is -3.35. The zero-order chi connectivity index (χ0) is 22.7. The van der Waals surface area contributed by atoms with Gasteiger partial charge >= 0.3 is 6.09 Å². The Kier molecular flexibility index (Phi) is 6.17. The van der Waals surface area contributed by atoms with Crippen LogP contribution in [-0.4, -0.2) is 41.9 Å². The molecule has 0 aromatic heterocycles. The highest BCUT2D eigenvalue weighted by Gasteiger charge is 2.52. The van der Waals surface area contributed by atoms with Crippen molar-refractivity contribution >= 4 is 23.6 Å². The van der Waals surface area contributed by atoms with Crippen LogP contribution in [0.5, 0.6) is 0 Å². The van der Waals surface area contributed by atoms with Crippen LogP contribution in [0.4, 0.5) is 10.5 Å². The molecule has 1 fully saturated rings. The van der Waals surface area contributed by atoms with Crippen molar-refractivity contribution in [3.63, 3.8) is 0 Å². The molecule has 0 aliphatic carbocycles. The van der Waals surface area contributed by atoms with E-state index in [1.165, 1.54) is 0 Å². The number of alkyl carbamates (subject to hydrolysis) is 1.